The maximum atomic E-state index is 12.1. The Hall–Kier alpha value is -0.870. The van der Waals surface area contributed by atoms with Gasteiger partial charge in [-0.1, -0.05) is 6.92 Å². The summed E-state index contributed by atoms with van der Waals surface area (Å²) < 4.78 is 0. The highest BCUT2D eigenvalue weighted by Crippen LogP contribution is 2.17. The Balaban J connectivity index is 2.01. The summed E-state index contributed by atoms with van der Waals surface area (Å²) in [5.74, 6) is 0.198. The largest absolute Gasteiger partial charge is 0.336 e. The SMILES string of the molecule is CCc1cc(C(=O)N2CCN(C)CC2)cs1. The van der Waals surface area contributed by atoms with Gasteiger partial charge in [-0.05, 0) is 19.5 Å². The Morgan fingerprint density at radius 3 is 2.62 bits per heavy atom. The molecule has 1 saturated heterocycles. The first kappa shape index (κ1) is 11.6. The quantitative estimate of drug-likeness (QED) is 0.783. The molecule has 0 aromatic carbocycles. The molecule has 1 aromatic heterocycles. The van der Waals surface area contributed by atoms with Crippen LogP contribution in [0.2, 0.25) is 0 Å². The van der Waals surface area contributed by atoms with Crippen molar-refractivity contribution < 1.29 is 4.79 Å². The summed E-state index contributed by atoms with van der Waals surface area (Å²) >= 11 is 1.68. The number of piperazine rings is 1. The van der Waals surface area contributed by atoms with E-state index in [1.54, 1.807) is 11.3 Å². The highest BCUT2D eigenvalue weighted by molar-refractivity contribution is 7.10. The van der Waals surface area contributed by atoms with Gasteiger partial charge in [-0.3, -0.25) is 4.79 Å². The van der Waals surface area contributed by atoms with Crippen LogP contribution in [0.4, 0.5) is 0 Å². The number of hydrogen-bond acceptors (Lipinski definition) is 3. The van der Waals surface area contributed by atoms with E-state index < -0.39 is 0 Å². The topological polar surface area (TPSA) is 23.6 Å². The van der Waals surface area contributed by atoms with E-state index >= 15 is 0 Å². The second kappa shape index (κ2) is 4.97. The number of nitrogens with zero attached hydrogens (tertiary/aromatic N) is 2. The van der Waals surface area contributed by atoms with Gasteiger partial charge in [0, 0.05) is 36.4 Å². The summed E-state index contributed by atoms with van der Waals surface area (Å²) in [6, 6.07) is 2.03. The van der Waals surface area contributed by atoms with Crippen LogP contribution in [-0.2, 0) is 6.42 Å². The van der Waals surface area contributed by atoms with Crippen LogP contribution in [0, 0.1) is 0 Å². The highest BCUT2D eigenvalue weighted by Gasteiger charge is 2.20. The third-order valence-electron chi connectivity index (χ3n) is 3.04. The van der Waals surface area contributed by atoms with E-state index in [0.29, 0.717) is 0 Å². The van der Waals surface area contributed by atoms with E-state index in [1.165, 1.54) is 4.88 Å². The maximum Gasteiger partial charge on any atom is 0.254 e. The number of amides is 1. The molecule has 1 amide bonds. The lowest BCUT2D eigenvalue weighted by Crippen LogP contribution is -2.47. The van der Waals surface area contributed by atoms with Crippen LogP contribution >= 0.6 is 11.3 Å². The van der Waals surface area contributed by atoms with Crippen molar-refractivity contribution >= 4 is 17.2 Å². The van der Waals surface area contributed by atoms with Crippen LogP contribution in [0.1, 0.15) is 22.2 Å². The molecule has 2 rings (SSSR count). The van der Waals surface area contributed by atoms with Gasteiger partial charge in [0.05, 0.1) is 5.56 Å². The summed E-state index contributed by atoms with van der Waals surface area (Å²) in [6.07, 6.45) is 1.01. The van der Waals surface area contributed by atoms with Gasteiger partial charge >= 0.3 is 0 Å². The number of thiophene rings is 1. The molecule has 1 aliphatic rings. The zero-order valence-corrected chi connectivity index (χ0v) is 10.7. The van der Waals surface area contributed by atoms with E-state index in [9.17, 15) is 4.79 Å². The van der Waals surface area contributed by atoms with E-state index in [2.05, 4.69) is 18.9 Å². The zero-order valence-electron chi connectivity index (χ0n) is 9.90. The first-order valence-corrected chi connectivity index (χ1v) is 6.64. The molecule has 0 atom stereocenters. The van der Waals surface area contributed by atoms with Gasteiger partial charge in [-0.25, -0.2) is 0 Å². The molecule has 1 aromatic rings. The van der Waals surface area contributed by atoms with Gasteiger partial charge in [0.15, 0.2) is 0 Å². The van der Waals surface area contributed by atoms with E-state index in [0.717, 1.165) is 38.2 Å². The molecular formula is C12H18N2OS. The molecule has 0 unspecified atom stereocenters. The zero-order chi connectivity index (χ0) is 11.5. The van der Waals surface area contributed by atoms with Crippen molar-refractivity contribution in [2.75, 3.05) is 33.2 Å². The van der Waals surface area contributed by atoms with Crippen LogP contribution in [0.3, 0.4) is 0 Å². The van der Waals surface area contributed by atoms with Crippen LogP contribution in [0.15, 0.2) is 11.4 Å². The fourth-order valence-corrected chi connectivity index (χ4v) is 2.68. The second-order valence-corrected chi connectivity index (χ2v) is 5.25. The fourth-order valence-electron chi connectivity index (χ4n) is 1.87. The van der Waals surface area contributed by atoms with Crippen molar-refractivity contribution in [1.29, 1.82) is 0 Å². The first-order chi connectivity index (χ1) is 7.70. The monoisotopic (exact) mass is 238 g/mol. The van der Waals surface area contributed by atoms with Crippen LogP contribution in [0.5, 0.6) is 0 Å². The minimum atomic E-state index is 0.198. The predicted molar refractivity (Wildman–Crippen MR) is 67.1 cm³/mol. The molecular weight excluding hydrogens is 220 g/mol. The lowest BCUT2D eigenvalue weighted by Gasteiger charge is -2.32. The lowest BCUT2D eigenvalue weighted by molar-refractivity contribution is 0.0664. The molecule has 0 N–H and O–H groups in total. The third kappa shape index (κ3) is 2.44. The van der Waals surface area contributed by atoms with Gasteiger partial charge in [-0.2, -0.15) is 0 Å². The summed E-state index contributed by atoms with van der Waals surface area (Å²) in [5, 5.41) is 1.99. The van der Waals surface area contributed by atoms with Crippen LogP contribution < -0.4 is 0 Å². The van der Waals surface area contributed by atoms with E-state index in [-0.39, 0.29) is 5.91 Å². The Labute approximate surface area is 101 Å². The van der Waals surface area contributed by atoms with Crippen molar-refractivity contribution in [1.82, 2.24) is 9.80 Å². The van der Waals surface area contributed by atoms with Crippen molar-refractivity contribution in [3.05, 3.63) is 21.9 Å². The molecule has 2 heterocycles. The van der Waals surface area contributed by atoms with Crippen molar-refractivity contribution in [2.45, 2.75) is 13.3 Å². The van der Waals surface area contributed by atoms with Gasteiger partial charge in [0.2, 0.25) is 0 Å². The summed E-state index contributed by atoms with van der Waals surface area (Å²) in [4.78, 5) is 17.7. The molecule has 16 heavy (non-hydrogen) atoms. The van der Waals surface area contributed by atoms with Crippen molar-refractivity contribution in [3.63, 3.8) is 0 Å². The fraction of sp³-hybridized carbons (Fsp3) is 0.583. The number of aryl methyl sites for hydroxylation is 1. The highest BCUT2D eigenvalue weighted by atomic mass is 32.1. The Morgan fingerprint density at radius 2 is 2.06 bits per heavy atom. The minimum absolute atomic E-state index is 0.198. The maximum absolute atomic E-state index is 12.1. The van der Waals surface area contributed by atoms with Gasteiger partial charge in [-0.15, -0.1) is 11.3 Å². The summed E-state index contributed by atoms with van der Waals surface area (Å²) in [6.45, 7) is 5.79. The van der Waals surface area contributed by atoms with Crippen molar-refractivity contribution in [3.8, 4) is 0 Å². The molecule has 0 radical (unpaired) electrons. The van der Waals surface area contributed by atoms with Gasteiger partial charge in [0.25, 0.3) is 5.91 Å². The smallest absolute Gasteiger partial charge is 0.254 e. The van der Waals surface area contributed by atoms with Crippen LogP contribution in [-0.4, -0.2) is 48.9 Å². The van der Waals surface area contributed by atoms with E-state index in [4.69, 9.17) is 0 Å². The predicted octanol–water partition coefficient (Wildman–Crippen LogP) is 1.70. The number of hydrogen-bond donors (Lipinski definition) is 0. The molecule has 0 saturated carbocycles. The number of rotatable bonds is 2. The van der Waals surface area contributed by atoms with Crippen LogP contribution in [0.25, 0.3) is 0 Å². The van der Waals surface area contributed by atoms with Crippen molar-refractivity contribution in [2.24, 2.45) is 0 Å². The lowest BCUT2D eigenvalue weighted by atomic mass is 10.2. The molecule has 0 bridgehead atoms. The summed E-state index contributed by atoms with van der Waals surface area (Å²) in [7, 11) is 2.10. The number of carbonyl (C=O) groups excluding carboxylic acids is 1. The number of likely N-dealkylation sites (N-methyl/N-ethyl adjacent to an activating group) is 1. The van der Waals surface area contributed by atoms with Gasteiger partial charge < -0.3 is 9.80 Å². The van der Waals surface area contributed by atoms with E-state index in [1.807, 2.05) is 16.3 Å². The average Bonchev–Trinajstić information content (AvgIpc) is 2.77. The molecule has 4 heteroatoms. The Kier molecular flexibility index (Phi) is 3.61. The standard InChI is InChI=1S/C12H18N2OS/c1-3-11-8-10(9-16-11)12(15)14-6-4-13(2)5-7-14/h8-9H,3-7H2,1-2H3. The molecule has 0 aliphatic carbocycles. The molecule has 88 valence electrons. The average molecular weight is 238 g/mol. The van der Waals surface area contributed by atoms with Gasteiger partial charge in [0.1, 0.15) is 0 Å². The molecule has 1 fully saturated rings. The minimum Gasteiger partial charge on any atom is -0.336 e. The Morgan fingerprint density at radius 1 is 1.38 bits per heavy atom. The molecule has 1 aliphatic heterocycles. The number of carbonyl (C=O) groups is 1. The molecule has 3 nitrogen and oxygen atoms in total. The second-order valence-electron chi connectivity index (χ2n) is 4.25. The first-order valence-electron chi connectivity index (χ1n) is 5.76. The molecule has 0 spiro atoms. The summed E-state index contributed by atoms with van der Waals surface area (Å²) in [5.41, 5.74) is 0.867. The normalized spacial score (nSPS) is 17.8. The Bertz CT molecular complexity index is 367. The third-order valence-corrected chi connectivity index (χ3v) is 4.12.